The fraction of sp³-hybridized carbons (Fsp3) is 0.350. The first-order valence-corrected chi connectivity index (χ1v) is 8.59. The zero-order valence-corrected chi connectivity index (χ0v) is 14.7. The molecule has 2 aromatic rings. The molecule has 1 saturated heterocycles. The van der Waals surface area contributed by atoms with Crippen LogP contribution in [0, 0.1) is 6.92 Å². The maximum Gasteiger partial charge on any atom is 0.265 e. The molecule has 0 saturated carbocycles. The van der Waals surface area contributed by atoms with E-state index in [4.69, 9.17) is 9.47 Å². The van der Waals surface area contributed by atoms with E-state index in [0.717, 1.165) is 49.0 Å². The predicted molar refractivity (Wildman–Crippen MR) is 99.4 cm³/mol. The minimum Gasteiger partial charge on any atom is -0.481 e. The van der Waals surface area contributed by atoms with Gasteiger partial charge in [-0.3, -0.25) is 4.79 Å². The molecule has 0 spiro atoms. The minimum atomic E-state index is -0.569. The third-order valence-electron chi connectivity index (χ3n) is 4.28. The molecule has 25 heavy (non-hydrogen) atoms. The van der Waals surface area contributed by atoms with Gasteiger partial charge >= 0.3 is 0 Å². The third kappa shape index (κ3) is 4.51. The van der Waals surface area contributed by atoms with Crippen molar-refractivity contribution in [2.45, 2.75) is 20.0 Å². The number of rotatable bonds is 5. The number of nitrogens with zero attached hydrogens (tertiary/aromatic N) is 1. The lowest BCUT2D eigenvalue weighted by molar-refractivity contribution is -0.122. The van der Waals surface area contributed by atoms with Crippen molar-refractivity contribution in [3.05, 3.63) is 54.1 Å². The molecule has 0 aromatic heterocycles. The average molecular weight is 340 g/mol. The minimum absolute atomic E-state index is 0.164. The molecule has 1 amide bonds. The van der Waals surface area contributed by atoms with Gasteiger partial charge in [0.1, 0.15) is 5.75 Å². The molecule has 1 heterocycles. The number of ether oxygens (including phenoxy) is 2. The van der Waals surface area contributed by atoms with Crippen LogP contribution in [0.2, 0.25) is 0 Å². The molecule has 5 nitrogen and oxygen atoms in total. The standard InChI is InChI=1S/C20H24N2O3/c1-15-5-3-4-6-19(15)25-16(2)20(23)21-17-7-9-18(10-8-17)22-11-13-24-14-12-22/h3-10,16H,11-14H2,1-2H3,(H,21,23)/t16-/m0/s1. The van der Waals surface area contributed by atoms with E-state index in [2.05, 4.69) is 10.2 Å². The van der Waals surface area contributed by atoms with E-state index in [0.29, 0.717) is 0 Å². The van der Waals surface area contributed by atoms with Crippen molar-refractivity contribution in [1.29, 1.82) is 0 Å². The van der Waals surface area contributed by atoms with Crippen molar-refractivity contribution in [3.8, 4) is 5.75 Å². The molecule has 2 aromatic carbocycles. The maximum absolute atomic E-state index is 12.4. The number of anilines is 2. The second-order valence-electron chi connectivity index (χ2n) is 6.16. The molecule has 1 aliphatic rings. The Morgan fingerprint density at radius 3 is 2.48 bits per heavy atom. The van der Waals surface area contributed by atoms with Gasteiger partial charge in [-0.05, 0) is 49.7 Å². The van der Waals surface area contributed by atoms with Gasteiger partial charge in [0.05, 0.1) is 13.2 Å². The van der Waals surface area contributed by atoms with Crippen LogP contribution in [0.4, 0.5) is 11.4 Å². The fourth-order valence-corrected chi connectivity index (χ4v) is 2.75. The van der Waals surface area contributed by atoms with Crippen LogP contribution in [0.3, 0.4) is 0 Å². The molecule has 1 atom stereocenters. The number of para-hydroxylation sites is 1. The number of carbonyl (C=O) groups excluding carboxylic acids is 1. The Balaban J connectivity index is 1.57. The van der Waals surface area contributed by atoms with E-state index in [-0.39, 0.29) is 5.91 Å². The van der Waals surface area contributed by atoms with Crippen LogP contribution in [0.5, 0.6) is 5.75 Å². The second kappa shape index (κ2) is 8.03. The van der Waals surface area contributed by atoms with Crippen molar-refractivity contribution < 1.29 is 14.3 Å². The number of hydrogen-bond acceptors (Lipinski definition) is 4. The van der Waals surface area contributed by atoms with Gasteiger partial charge in [-0.1, -0.05) is 18.2 Å². The topological polar surface area (TPSA) is 50.8 Å². The van der Waals surface area contributed by atoms with Gasteiger partial charge in [-0.15, -0.1) is 0 Å². The van der Waals surface area contributed by atoms with Crippen LogP contribution in [0.25, 0.3) is 0 Å². The van der Waals surface area contributed by atoms with E-state index in [1.807, 2.05) is 55.5 Å². The largest absolute Gasteiger partial charge is 0.481 e. The Morgan fingerprint density at radius 2 is 1.80 bits per heavy atom. The summed E-state index contributed by atoms with van der Waals surface area (Å²) in [7, 11) is 0. The summed E-state index contributed by atoms with van der Waals surface area (Å²) in [6, 6.07) is 15.6. The normalized spacial score (nSPS) is 15.5. The maximum atomic E-state index is 12.4. The SMILES string of the molecule is Cc1ccccc1O[C@@H](C)C(=O)Nc1ccc(N2CCOCC2)cc1. The zero-order valence-electron chi connectivity index (χ0n) is 14.7. The first kappa shape index (κ1) is 17.3. The Labute approximate surface area is 148 Å². The van der Waals surface area contributed by atoms with Gasteiger partial charge < -0.3 is 19.7 Å². The van der Waals surface area contributed by atoms with Crippen LogP contribution in [0.15, 0.2) is 48.5 Å². The average Bonchev–Trinajstić information content (AvgIpc) is 2.65. The van der Waals surface area contributed by atoms with Gasteiger partial charge in [-0.25, -0.2) is 0 Å². The molecule has 132 valence electrons. The summed E-state index contributed by atoms with van der Waals surface area (Å²) < 4.78 is 11.1. The first-order valence-electron chi connectivity index (χ1n) is 8.59. The number of amides is 1. The Morgan fingerprint density at radius 1 is 1.12 bits per heavy atom. The summed E-state index contributed by atoms with van der Waals surface area (Å²) >= 11 is 0. The Kier molecular flexibility index (Phi) is 5.56. The van der Waals surface area contributed by atoms with Crippen molar-refractivity contribution in [2.75, 3.05) is 36.5 Å². The molecule has 0 unspecified atom stereocenters. The summed E-state index contributed by atoms with van der Waals surface area (Å²) in [5.74, 6) is 0.565. The molecule has 1 fully saturated rings. The third-order valence-corrected chi connectivity index (χ3v) is 4.28. The fourth-order valence-electron chi connectivity index (χ4n) is 2.75. The highest BCUT2D eigenvalue weighted by Crippen LogP contribution is 2.20. The van der Waals surface area contributed by atoms with Crippen LogP contribution in [0.1, 0.15) is 12.5 Å². The van der Waals surface area contributed by atoms with Crippen LogP contribution < -0.4 is 15.0 Å². The lowest BCUT2D eigenvalue weighted by Gasteiger charge is -2.29. The van der Waals surface area contributed by atoms with Crippen LogP contribution >= 0.6 is 0 Å². The van der Waals surface area contributed by atoms with Crippen molar-refractivity contribution >= 4 is 17.3 Å². The molecular formula is C20H24N2O3. The molecule has 1 N–H and O–H groups in total. The van der Waals surface area contributed by atoms with Gasteiger partial charge in [0.25, 0.3) is 5.91 Å². The number of morpholine rings is 1. The lowest BCUT2D eigenvalue weighted by atomic mass is 10.2. The van der Waals surface area contributed by atoms with Crippen molar-refractivity contribution in [1.82, 2.24) is 0 Å². The van der Waals surface area contributed by atoms with Gasteiger partial charge in [0.15, 0.2) is 6.10 Å². The smallest absolute Gasteiger partial charge is 0.265 e. The molecule has 0 radical (unpaired) electrons. The second-order valence-corrected chi connectivity index (χ2v) is 6.16. The molecular weight excluding hydrogens is 316 g/mol. The number of benzene rings is 2. The van der Waals surface area contributed by atoms with E-state index < -0.39 is 6.10 Å². The summed E-state index contributed by atoms with van der Waals surface area (Å²) in [4.78, 5) is 14.6. The van der Waals surface area contributed by atoms with Crippen molar-refractivity contribution in [3.63, 3.8) is 0 Å². The van der Waals surface area contributed by atoms with Crippen molar-refractivity contribution in [2.24, 2.45) is 0 Å². The highest BCUT2D eigenvalue weighted by atomic mass is 16.5. The van der Waals surface area contributed by atoms with E-state index in [9.17, 15) is 4.79 Å². The van der Waals surface area contributed by atoms with E-state index in [1.165, 1.54) is 0 Å². The zero-order chi connectivity index (χ0) is 17.6. The Hall–Kier alpha value is -2.53. The van der Waals surface area contributed by atoms with Gasteiger partial charge in [0.2, 0.25) is 0 Å². The lowest BCUT2D eigenvalue weighted by Crippen LogP contribution is -2.36. The highest BCUT2D eigenvalue weighted by molar-refractivity contribution is 5.94. The summed E-state index contributed by atoms with van der Waals surface area (Å²) in [5.41, 5.74) is 2.92. The first-order chi connectivity index (χ1) is 12.1. The predicted octanol–water partition coefficient (Wildman–Crippen LogP) is 3.24. The number of aryl methyl sites for hydroxylation is 1. The number of carbonyl (C=O) groups is 1. The molecule has 3 rings (SSSR count). The van der Waals surface area contributed by atoms with Gasteiger partial charge in [0, 0.05) is 24.5 Å². The van der Waals surface area contributed by atoms with Crippen LogP contribution in [-0.2, 0) is 9.53 Å². The summed E-state index contributed by atoms with van der Waals surface area (Å²) in [6.45, 7) is 7.02. The summed E-state index contributed by atoms with van der Waals surface area (Å²) in [5, 5.41) is 2.90. The molecule has 5 heteroatoms. The number of hydrogen-bond donors (Lipinski definition) is 1. The monoisotopic (exact) mass is 340 g/mol. The van der Waals surface area contributed by atoms with Gasteiger partial charge in [-0.2, -0.15) is 0 Å². The quantitative estimate of drug-likeness (QED) is 0.908. The van der Waals surface area contributed by atoms with E-state index in [1.54, 1.807) is 6.92 Å². The van der Waals surface area contributed by atoms with E-state index >= 15 is 0 Å². The summed E-state index contributed by atoms with van der Waals surface area (Å²) in [6.07, 6.45) is -0.569. The Bertz CT molecular complexity index is 709. The van der Waals surface area contributed by atoms with Crippen LogP contribution in [-0.4, -0.2) is 38.3 Å². The molecule has 0 bridgehead atoms. The number of nitrogens with one attached hydrogen (secondary N) is 1. The molecule has 0 aliphatic carbocycles. The highest BCUT2D eigenvalue weighted by Gasteiger charge is 2.16. The molecule has 1 aliphatic heterocycles.